The summed E-state index contributed by atoms with van der Waals surface area (Å²) < 4.78 is 24.0. The van der Waals surface area contributed by atoms with E-state index in [1.807, 2.05) is 0 Å². The molecule has 0 saturated heterocycles. The number of amides is 1. The zero-order valence-electron chi connectivity index (χ0n) is 13.8. The van der Waals surface area contributed by atoms with E-state index in [0.29, 0.717) is 23.4 Å². The number of rotatable bonds is 6. The van der Waals surface area contributed by atoms with Crippen LogP contribution < -0.4 is 11.1 Å². The minimum Gasteiger partial charge on any atom is -0.326 e. The van der Waals surface area contributed by atoms with Gasteiger partial charge in [-0.05, 0) is 49.2 Å². The molecule has 0 aliphatic heterocycles. The van der Waals surface area contributed by atoms with Gasteiger partial charge in [-0.2, -0.15) is 0 Å². The third-order valence-electron chi connectivity index (χ3n) is 3.72. The van der Waals surface area contributed by atoms with Gasteiger partial charge >= 0.3 is 0 Å². The Morgan fingerprint density at radius 3 is 2.33 bits per heavy atom. The Balaban J connectivity index is 2.12. The maximum absolute atomic E-state index is 12.3. The van der Waals surface area contributed by atoms with Crippen molar-refractivity contribution in [1.29, 1.82) is 0 Å². The van der Waals surface area contributed by atoms with Gasteiger partial charge in [-0.15, -0.1) is 0 Å². The van der Waals surface area contributed by atoms with Gasteiger partial charge in [-0.1, -0.05) is 24.3 Å². The average molecular weight is 346 g/mol. The van der Waals surface area contributed by atoms with E-state index in [1.54, 1.807) is 62.4 Å². The number of carbonyl (C=O) groups is 1. The molecule has 2 aromatic carbocycles. The van der Waals surface area contributed by atoms with Crippen molar-refractivity contribution in [2.75, 3.05) is 5.32 Å². The minimum atomic E-state index is -3.18. The Kier molecular flexibility index (Phi) is 5.75. The fraction of sp³-hybridized carbons (Fsp3) is 0.278. The monoisotopic (exact) mass is 346 g/mol. The summed E-state index contributed by atoms with van der Waals surface area (Å²) in [4.78, 5) is 12.3. The average Bonchev–Trinajstić information content (AvgIpc) is 2.54. The molecule has 128 valence electrons. The van der Waals surface area contributed by atoms with Gasteiger partial charge in [0, 0.05) is 17.8 Å². The van der Waals surface area contributed by atoms with E-state index in [2.05, 4.69) is 5.32 Å². The molecule has 1 amide bonds. The summed E-state index contributed by atoms with van der Waals surface area (Å²) in [5.74, 6) is -0.290. The van der Waals surface area contributed by atoms with Crippen molar-refractivity contribution < 1.29 is 13.2 Å². The molecule has 0 radical (unpaired) electrons. The van der Waals surface area contributed by atoms with Gasteiger partial charge in [-0.25, -0.2) is 8.42 Å². The van der Waals surface area contributed by atoms with E-state index in [9.17, 15) is 13.2 Å². The molecular formula is C18H22N2O3S. The van der Waals surface area contributed by atoms with Crippen LogP contribution in [0.5, 0.6) is 0 Å². The van der Waals surface area contributed by atoms with E-state index in [4.69, 9.17) is 5.73 Å². The van der Waals surface area contributed by atoms with Crippen molar-refractivity contribution in [3.05, 3.63) is 65.2 Å². The molecule has 0 atom stereocenters. The number of carbonyl (C=O) groups excluding carboxylic acids is 1. The quantitative estimate of drug-likeness (QED) is 0.841. The van der Waals surface area contributed by atoms with Gasteiger partial charge in [-0.3, -0.25) is 4.79 Å². The summed E-state index contributed by atoms with van der Waals surface area (Å²) >= 11 is 0. The van der Waals surface area contributed by atoms with Crippen LogP contribution in [0.25, 0.3) is 0 Å². The summed E-state index contributed by atoms with van der Waals surface area (Å²) in [5.41, 5.74) is 8.23. The molecule has 0 aliphatic rings. The second-order valence-electron chi connectivity index (χ2n) is 5.91. The Labute approximate surface area is 142 Å². The van der Waals surface area contributed by atoms with Crippen LogP contribution in [-0.2, 0) is 22.1 Å². The second kappa shape index (κ2) is 7.59. The second-order valence-corrected chi connectivity index (χ2v) is 8.47. The first-order valence-electron chi connectivity index (χ1n) is 7.72. The summed E-state index contributed by atoms with van der Waals surface area (Å²) in [5, 5.41) is 2.35. The lowest BCUT2D eigenvalue weighted by molar-refractivity contribution is 0.102. The molecule has 2 rings (SSSR count). The molecule has 0 aliphatic carbocycles. The van der Waals surface area contributed by atoms with Crippen molar-refractivity contribution in [2.24, 2.45) is 5.73 Å². The topological polar surface area (TPSA) is 89.3 Å². The Bertz CT molecular complexity index is 812. The van der Waals surface area contributed by atoms with Crippen LogP contribution in [0.4, 0.5) is 5.69 Å². The SMILES string of the molecule is CC(C)S(=O)(=O)Cc1cccc(NC(=O)c2ccc(CN)cc2)c1. The molecule has 24 heavy (non-hydrogen) atoms. The first-order chi connectivity index (χ1) is 11.3. The highest BCUT2D eigenvalue weighted by molar-refractivity contribution is 7.91. The molecule has 2 aromatic rings. The molecule has 0 aromatic heterocycles. The highest BCUT2D eigenvalue weighted by atomic mass is 32.2. The maximum Gasteiger partial charge on any atom is 0.255 e. The van der Waals surface area contributed by atoms with E-state index in [1.165, 1.54) is 0 Å². The molecular weight excluding hydrogens is 324 g/mol. The molecule has 0 unspecified atom stereocenters. The predicted octanol–water partition coefficient (Wildman–Crippen LogP) is 2.72. The van der Waals surface area contributed by atoms with Crippen LogP contribution in [0.2, 0.25) is 0 Å². The van der Waals surface area contributed by atoms with Crippen molar-refractivity contribution >= 4 is 21.4 Å². The van der Waals surface area contributed by atoms with Crippen molar-refractivity contribution in [3.8, 4) is 0 Å². The van der Waals surface area contributed by atoms with Gasteiger partial charge in [0.15, 0.2) is 9.84 Å². The van der Waals surface area contributed by atoms with E-state index in [0.717, 1.165) is 5.56 Å². The maximum atomic E-state index is 12.3. The number of hydrogen-bond donors (Lipinski definition) is 2. The van der Waals surface area contributed by atoms with Crippen LogP contribution in [-0.4, -0.2) is 19.6 Å². The van der Waals surface area contributed by atoms with E-state index < -0.39 is 15.1 Å². The van der Waals surface area contributed by atoms with Crippen LogP contribution in [0, 0.1) is 0 Å². The number of sulfone groups is 1. The minimum absolute atomic E-state index is 0.0421. The van der Waals surface area contributed by atoms with Crippen LogP contribution in [0.3, 0.4) is 0 Å². The van der Waals surface area contributed by atoms with Crippen molar-refractivity contribution in [3.63, 3.8) is 0 Å². The standard InChI is InChI=1S/C18H22N2O3S/c1-13(2)24(22,23)12-15-4-3-5-17(10-15)20-18(21)16-8-6-14(11-19)7-9-16/h3-10,13H,11-12,19H2,1-2H3,(H,20,21). The molecule has 0 bridgehead atoms. The molecule has 0 heterocycles. The normalized spacial score (nSPS) is 11.5. The van der Waals surface area contributed by atoms with E-state index >= 15 is 0 Å². The summed E-state index contributed by atoms with van der Waals surface area (Å²) in [6.45, 7) is 3.74. The number of benzene rings is 2. The Morgan fingerprint density at radius 1 is 1.08 bits per heavy atom. The van der Waals surface area contributed by atoms with Crippen LogP contribution in [0.1, 0.15) is 35.3 Å². The highest BCUT2D eigenvalue weighted by Crippen LogP contribution is 2.17. The molecule has 3 N–H and O–H groups in total. The van der Waals surface area contributed by atoms with Crippen LogP contribution >= 0.6 is 0 Å². The largest absolute Gasteiger partial charge is 0.326 e. The zero-order chi connectivity index (χ0) is 17.7. The van der Waals surface area contributed by atoms with E-state index in [-0.39, 0.29) is 11.7 Å². The van der Waals surface area contributed by atoms with Crippen molar-refractivity contribution in [1.82, 2.24) is 0 Å². The third-order valence-corrected chi connectivity index (χ3v) is 5.89. The lowest BCUT2D eigenvalue weighted by Gasteiger charge is -2.10. The zero-order valence-corrected chi connectivity index (χ0v) is 14.6. The number of anilines is 1. The van der Waals surface area contributed by atoms with Gasteiger partial charge < -0.3 is 11.1 Å². The van der Waals surface area contributed by atoms with Crippen LogP contribution in [0.15, 0.2) is 48.5 Å². The predicted molar refractivity (Wildman–Crippen MR) is 96.5 cm³/mol. The molecule has 0 spiro atoms. The lowest BCUT2D eigenvalue weighted by atomic mass is 10.1. The van der Waals surface area contributed by atoms with Gasteiger partial charge in [0.25, 0.3) is 5.91 Å². The number of nitrogens with two attached hydrogens (primary N) is 1. The van der Waals surface area contributed by atoms with Gasteiger partial charge in [0.05, 0.1) is 11.0 Å². The smallest absolute Gasteiger partial charge is 0.255 e. The first-order valence-corrected chi connectivity index (χ1v) is 9.44. The summed E-state index contributed by atoms with van der Waals surface area (Å²) in [6, 6.07) is 13.9. The fourth-order valence-electron chi connectivity index (χ4n) is 2.13. The summed E-state index contributed by atoms with van der Waals surface area (Å²) in [6.07, 6.45) is 0. The summed E-state index contributed by atoms with van der Waals surface area (Å²) in [7, 11) is -3.18. The number of nitrogens with one attached hydrogen (secondary N) is 1. The molecule has 0 fully saturated rings. The highest BCUT2D eigenvalue weighted by Gasteiger charge is 2.17. The third kappa shape index (κ3) is 4.66. The molecule has 6 heteroatoms. The van der Waals surface area contributed by atoms with Gasteiger partial charge in [0.1, 0.15) is 0 Å². The van der Waals surface area contributed by atoms with Gasteiger partial charge in [0.2, 0.25) is 0 Å². The Hall–Kier alpha value is -2.18. The molecule has 5 nitrogen and oxygen atoms in total. The van der Waals surface area contributed by atoms with Crippen molar-refractivity contribution in [2.45, 2.75) is 31.4 Å². The molecule has 0 saturated carbocycles. The Morgan fingerprint density at radius 2 is 1.75 bits per heavy atom. The fourth-order valence-corrected chi connectivity index (χ4v) is 3.11. The lowest BCUT2D eigenvalue weighted by Crippen LogP contribution is -2.16. The first kappa shape index (κ1) is 18.2. The number of hydrogen-bond acceptors (Lipinski definition) is 4.